The molecule has 0 aliphatic carbocycles. The summed E-state index contributed by atoms with van der Waals surface area (Å²) in [5, 5.41) is 13.9. The molecular formula is C23H22N4OS. The standard InChI is InChI=1S/C23H22N4OS/c28-23(16-27-11-7-19(23)8-12-27)9-6-18-15-25-21(22-24-10-13-29-22)26-20(18)14-17-4-2-1-3-5-17/h1-5,10,13,15,19,28H,7-8,11-12,14,16H2. The maximum Gasteiger partial charge on any atom is 0.189 e. The number of thiazole rings is 1. The van der Waals surface area contributed by atoms with E-state index in [0.717, 1.165) is 42.2 Å². The molecule has 1 unspecified atom stereocenters. The van der Waals surface area contributed by atoms with Gasteiger partial charge in [-0.05, 0) is 31.5 Å². The monoisotopic (exact) mass is 402 g/mol. The fourth-order valence-corrected chi connectivity index (χ4v) is 4.81. The summed E-state index contributed by atoms with van der Waals surface area (Å²) in [7, 11) is 0. The van der Waals surface area contributed by atoms with Crippen LogP contribution in [0.25, 0.3) is 10.8 Å². The Morgan fingerprint density at radius 3 is 2.69 bits per heavy atom. The predicted molar refractivity (Wildman–Crippen MR) is 113 cm³/mol. The van der Waals surface area contributed by atoms with Gasteiger partial charge in [0.1, 0.15) is 5.60 Å². The van der Waals surface area contributed by atoms with E-state index in [2.05, 4.69) is 38.8 Å². The van der Waals surface area contributed by atoms with Crippen molar-refractivity contribution >= 4 is 11.3 Å². The van der Waals surface area contributed by atoms with E-state index in [4.69, 9.17) is 4.98 Å². The molecule has 5 nitrogen and oxygen atoms in total. The van der Waals surface area contributed by atoms with Gasteiger partial charge in [-0.15, -0.1) is 11.3 Å². The maximum atomic E-state index is 11.1. The lowest BCUT2D eigenvalue weighted by atomic mass is 9.76. The lowest BCUT2D eigenvalue weighted by Gasteiger charge is -2.47. The highest BCUT2D eigenvalue weighted by Gasteiger charge is 2.44. The van der Waals surface area contributed by atoms with Crippen LogP contribution in [0.3, 0.4) is 0 Å². The molecule has 0 radical (unpaired) electrons. The maximum absolute atomic E-state index is 11.1. The summed E-state index contributed by atoms with van der Waals surface area (Å²) in [6, 6.07) is 10.2. The van der Waals surface area contributed by atoms with Gasteiger partial charge >= 0.3 is 0 Å². The average Bonchev–Trinajstić information content (AvgIpc) is 3.29. The van der Waals surface area contributed by atoms with Crippen LogP contribution < -0.4 is 0 Å². The Kier molecular flexibility index (Phi) is 4.88. The predicted octanol–water partition coefficient (Wildman–Crippen LogP) is 3.00. The van der Waals surface area contributed by atoms with Crippen molar-refractivity contribution in [2.75, 3.05) is 19.6 Å². The van der Waals surface area contributed by atoms with Gasteiger partial charge in [0.05, 0.1) is 11.3 Å². The zero-order valence-corrected chi connectivity index (χ0v) is 16.9. The van der Waals surface area contributed by atoms with Crippen LogP contribution >= 0.6 is 11.3 Å². The summed E-state index contributed by atoms with van der Waals surface area (Å²) in [6.07, 6.45) is 6.24. The third-order valence-electron chi connectivity index (χ3n) is 5.85. The summed E-state index contributed by atoms with van der Waals surface area (Å²) < 4.78 is 0. The van der Waals surface area contributed by atoms with Crippen LogP contribution in [0, 0.1) is 17.8 Å². The number of hydrogen-bond acceptors (Lipinski definition) is 6. The van der Waals surface area contributed by atoms with E-state index in [0.29, 0.717) is 18.8 Å². The van der Waals surface area contributed by atoms with Crippen molar-refractivity contribution in [3.8, 4) is 22.7 Å². The number of hydrogen-bond donors (Lipinski definition) is 1. The Bertz CT molecular complexity index is 1050. The minimum absolute atomic E-state index is 0.257. The number of aromatic nitrogens is 3. The Labute approximate surface area is 174 Å². The minimum atomic E-state index is -0.936. The lowest BCUT2D eigenvalue weighted by molar-refractivity contribution is -0.0713. The summed E-state index contributed by atoms with van der Waals surface area (Å²) in [5.41, 5.74) is 1.88. The second-order valence-electron chi connectivity index (χ2n) is 7.78. The molecule has 3 saturated heterocycles. The first kappa shape index (κ1) is 18.4. The smallest absolute Gasteiger partial charge is 0.189 e. The number of fused-ring (bicyclic) bond motifs is 3. The first-order chi connectivity index (χ1) is 14.2. The van der Waals surface area contributed by atoms with Gasteiger partial charge in [0.15, 0.2) is 10.8 Å². The number of piperidine rings is 3. The van der Waals surface area contributed by atoms with Crippen molar-refractivity contribution in [3.05, 3.63) is 64.9 Å². The van der Waals surface area contributed by atoms with Crippen LogP contribution in [0.15, 0.2) is 48.1 Å². The summed E-state index contributed by atoms with van der Waals surface area (Å²) in [6.45, 7) is 2.77. The molecule has 0 saturated carbocycles. The quantitative estimate of drug-likeness (QED) is 0.683. The van der Waals surface area contributed by atoms with Crippen LogP contribution in [0.4, 0.5) is 0 Å². The fourth-order valence-electron chi connectivity index (χ4n) is 4.24. The Balaban J connectivity index is 1.50. The lowest BCUT2D eigenvalue weighted by Crippen LogP contribution is -2.58. The number of aliphatic hydroxyl groups is 1. The first-order valence-electron chi connectivity index (χ1n) is 9.97. The van der Waals surface area contributed by atoms with Crippen molar-refractivity contribution in [3.63, 3.8) is 0 Å². The third kappa shape index (κ3) is 3.82. The molecule has 3 aliphatic rings. The minimum Gasteiger partial charge on any atom is -0.376 e. The molecule has 1 N–H and O–H groups in total. The van der Waals surface area contributed by atoms with Gasteiger partial charge in [0, 0.05) is 36.7 Å². The highest BCUT2D eigenvalue weighted by atomic mass is 32.1. The van der Waals surface area contributed by atoms with Crippen LogP contribution in [-0.4, -0.2) is 50.2 Å². The van der Waals surface area contributed by atoms with Crippen molar-refractivity contribution in [1.29, 1.82) is 0 Å². The average molecular weight is 403 g/mol. The SMILES string of the molecule is OC1(C#Cc2cnc(-c3nccs3)nc2Cc2ccccc2)CN2CCC1CC2. The van der Waals surface area contributed by atoms with Crippen molar-refractivity contribution in [2.24, 2.45) is 5.92 Å². The molecular weight excluding hydrogens is 380 g/mol. The molecule has 3 aliphatic heterocycles. The molecule has 6 heteroatoms. The molecule has 0 amide bonds. The van der Waals surface area contributed by atoms with Gasteiger partial charge in [-0.2, -0.15) is 0 Å². The molecule has 2 bridgehead atoms. The molecule has 1 atom stereocenters. The van der Waals surface area contributed by atoms with E-state index < -0.39 is 5.60 Å². The molecule has 3 fully saturated rings. The van der Waals surface area contributed by atoms with Crippen LogP contribution in [0.1, 0.15) is 29.7 Å². The Hall–Kier alpha value is -2.59. The second-order valence-corrected chi connectivity index (χ2v) is 8.67. The van der Waals surface area contributed by atoms with Gasteiger partial charge in [-0.1, -0.05) is 42.2 Å². The molecule has 146 valence electrons. The highest BCUT2D eigenvalue weighted by molar-refractivity contribution is 7.12. The van der Waals surface area contributed by atoms with Crippen LogP contribution in [0.2, 0.25) is 0 Å². The molecule has 0 spiro atoms. The number of benzene rings is 1. The summed E-state index contributed by atoms with van der Waals surface area (Å²) in [5.74, 6) is 7.31. The third-order valence-corrected chi connectivity index (χ3v) is 6.62. The Morgan fingerprint density at radius 1 is 1.17 bits per heavy atom. The topological polar surface area (TPSA) is 62.1 Å². The van der Waals surface area contributed by atoms with Crippen LogP contribution in [-0.2, 0) is 6.42 Å². The van der Waals surface area contributed by atoms with E-state index in [1.165, 1.54) is 16.9 Å². The van der Waals surface area contributed by atoms with E-state index in [-0.39, 0.29) is 5.92 Å². The normalized spacial score (nSPS) is 25.4. The molecule has 3 aromatic rings. The van der Waals surface area contributed by atoms with Gasteiger partial charge in [-0.25, -0.2) is 15.0 Å². The zero-order valence-electron chi connectivity index (χ0n) is 16.1. The molecule has 6 rings (SSSR count). The zero-order chi connectivity index (χ0) is 19.7. The van der Waals surface area contributed by atoms with Gasteiger partial charge in [-0.3, -0.25) is 4.90 Å². The number of rotatable bonds is 3. The van der Waals surface area contributed by atoms with E-state index in [9.17, 15) is 5.11 Å². The van der Waals surface area contributed by atoms with Gasteiger partial charge in [0.2, 0.25) is 0 Å². The van der Waals surface area contributed by atoms with Crippen molar-refractivity contribution in [2.45, 2.75) is 24.9 Å². The summed E-state index contributed by atoms with van der Waals surface area (Å²) in [4.78, 5) is 15.9. The van der Waals surface area contributed by atoms with Crippen molar-refractivity contribution < 1.29 is 5.11 Å². The largest absolute Gasteiger partial charge is 0.376 e. The summed E-state index contributed by atoms with van der Waals surface area (Å²) >= 11 is 1.52. The highest BCUT2D eigenvalue weighted by Crippen LogP contribution is 2.35. The first-order valence-corrected chi connectivity index (χ1v) is 10.9. The second kappa shape index (κ2) is 7.68. The van der Waals surface area contributed by atoms with E-state index >= 15 is 0 Å². The van der Waals surface area contributed by atoms with Gasteiger partial charge < -0.3 is 5.11 Å². The van der Waals surface area contributed by atoms with Crippen LogP contribution in [0.5, 0.6) is 0 Å². The van der Waals surface area contributed by atoms with Crippen molar-refractivity contribution in [1.82, 2.24) is 19.9 Å². The molecule has 5 heterocycles. The Morgan fingerprint density at radius 2 is 2.00 bits per heavy atom. The number of nitrogens with zero attached hydrogens (tertiary/aromatic N) is 4. The van der Waals surface area contributed by atoms with E-state index in [1.54, 1.807) is 12.4 Å². The van der Waals surface area contributed by atoms with E-state index in [1.807, 2.05) is 23.6 Å². The molecule has 29 heavy (non-hydrogen) atoms. The molecule has 2 aromatic heterocycles. The fraction of sp³-hybridized carbons (Fsp3) is 0.348. The molecule has 1 aromatic carbocycles. The van der Waals surface area contributed by atoms with Gasteiger partial charge in [0.25, 0.3) is 0 Å².